The van der Waals surface area contributed by atoms with E-state index in [2.05, 4.69) is 15.5 Å². The van der Waals surface area contributed by atoms with E-state index in [4.69, 9.17) is 4.74 Å². The van der Waals surface area contributed by atoms with Gasteiger partial charge in [-0.25, -0.2) is 8.42 Å². The van der Waals surface area contributed by atoms with Crippen molar-refractivity contribution in [2.75, 3.05) is 29.6 Å². The number of amides is 1. The Balaban J connectivity index is 1.27. The lowest BCUT2D eigenvalue weighted by Crippen LogP contribution is -2.38. The van der Waals surface area contributed by atoms with Crippen molar-refractivity contribution in [2.45, 2.75) is 16.8 Å². The summed E-state index contributed by atoms with van der Waals surface area (Å²) in [6.45, 7) is 0. The van der Waals surface area contributed by atoms with Gasteiger partial charge in [0.25, 0.3) is 0 Å². The molecule has 1 unspecified atom stereocenters. The third kappa shape index (κ3) is 5.99. The Kier molecular flexibility index (Phi) is 6.97. The first-order chi connectivity index (χ1) is 15.4. The molecule has 2 heterocycles. The van der Waals surface area contributed by atoms with Crippen LogP contribution in [-0.2, 0) is 14.6 Å². The molecule has 1 aromatic heterocycles. The molecule has 8 nitrogen and oxygen atoms in total. The Bertz CT molecular complexity index is 1170. The lowest BCUT2D eigenvalue weighted by atomic mass is 10.2. The summed E-state index contributed by atoms with van der Waals surface area (Å²) in [5.74, 6) is 1.76. The normalized spacial score (nSPS) is 17.1. The van der Waals surface area contributed by atoms with Gasteiger partial charge in [0.2, 0.25) is 11.0 Å². The topological polar surface area (TPSA) is 101 Å². The minimum atomic E-state index is -3.02. The van der Waals surface area contributed by atoms with Crippen LogP contribution in [0, 0.1) is 0 Å². The zero-order chi connectivity index (χ0) is 22.6. The van der Waals surface area contributed by atoms with E-state index in [1.165, 1.54) is 28.0 Å². The van der Waals surface area contributed by atoms with Gasteiger partial charge in [-0.1, -0.05) is 41.3 Å². The number of aromatic nitrogens is 2. The molecule has 2 aromatic carbocycles. The van der Waals surface area contributed by atoms with Crippen molar-refractivity contribution >= 4 is 49.7 Å². The van der Waals surface area contributed by atoms with Crippen LogP contribution in [0.5, 0.6) is 11.5 Å². The summed E-state index contributed by atoms with van der Waals surface area (Å²) in [7, 11) is -1.36. The van der Waals surface area contributed by atoms with Gasteiger partial charge in [-0.2, -0.15) is 0 Å². The van der Waals surface area contributed by atoms with Gasteiger partial charge in [0.05, 0.1) is 17.3 Å². The smallest absolute Gasteiger partial charge is 0.233 e. The lowest BCUT2D eigenvalue weighted by Gasteiger charge is -2.22. The van der Waals surface area contributed by atoms with Crippen molar-refractivity contribution in [2.24, 2.45) is 0 Å². The highest BCUT2D eigenvalue weighted by Crippen LogP contribution is 2.29. The molecule has 0 aliphatic carbocycles. The molecule has 1 aliphatic heterocycles. The predicted molar refractivity (Wildman–Crippen MR) is 127 cm³/mol. The number of hydrogen-bond acceptors (Lipinski definition) is 9. The third-order valence-corrected chi connectivity index (χ3v) is 8.67. The van der Waals surface area contributed by atoms with Gasteiger partial charge in [-0.3, -0.25) is 4.79 Å². The maximum Gasteiger partial charge on any atom is 0.233 e. The van der Waals surface area contributed by atoms with Crippen LogP contribution in [0.15, 0.2) is 58.9 Å². The van der Waals surface area contributed by atoms with Gasteiger partial charge < -0.3 is 15.0 Å². The van der Waals surface area contributed by atoms with Gasteiger partial charge in [-0.05, 0) is 42.8 Å². The van der Waals surface area contributed by atoms with Gasteiger partial charge in [0, 0.05) is 18.8 Å². The molecule has 1 aliphatic rings. The summed E-state index contributed by atoms with van der Waals surface area (Å²) >= 11 is 2.65. The number of anilines is 2. The molecule has 1 atom stereocenters. The summed E-state index contributed by atoms with van der Waals surface area (Å²) in [6, 6.07) is 16.8. The second-order valence-corrected chi connectivity index (χ2v) is 11.7. The van der Waals surface area contributed by atoms with E-state index in [0.717, 1.165) is 17.2 Å². The molecular formula is C21H22N4O4S3. The van der Waals surface area contributed by atoms with Gasteiger partial charge in [0.15, 0.2) is 14.2 Å². The number of carbonyl (C=O) groups is 1. The Morgan fingerprint density at radius 2 is 1.88 bits per heavy atom. The molecule has 0 saturated carbocycles. The molecule has 32 heavy (non-hydrogen) atoms. The van der Waals surface area contributed by atoms with Crippen molar-refractivity contribution in [1.29, 1.82) is 0 Å². The molecule has 3 aromatic rings. The number of rotatable bonds is 8. The number of ether oxygens (including phenoxy) is 1. The van der Waals surface area contributed by atoms with E-state index in [-0.39, 0.29) is 29.2 Å². The Morgan fingerprint density at radius 3 is 2.56 bits per heavy atom. The highest BCUT2D eigenvalue weighted by Gasteiger charge is 2.32. The molecule has 168 valence electrons. The zero-order valence-electron chi connectivity index (χ0n) is 17.3. The van der Waals surface area contributed by atoms with E-state index in [0.29, 0.717) is 15.9 Å². The van der Waals surface area contributed by atoms with Crippen LogP contribution in [0.25, 0.3) is 0 Å². The number of nitrogens with one attached hydrogen (secondary N) is 1. The first-order valence-electron chi connectivity index (χ1n) is 9.90. The van der Waals surface area contributed by atoms with Crippen LogP contribution in [0.2, 0.25) is 0 Å². The third-order valence-electron chi connectivity index (χ3n) is 4.96. The average Bonchev–Trinajstić information content (AvgIpc) is 3.39. The molecule has 4 rings (SSSR count). The van der Waals surface area contributed by atoms with Crippen LogP contribution in [0.4, 0.5) is 10.8 Å². The predicted octanol–water partition coefficient (Wildman–Crippen LogP) is 3.81. The Labute approximate surface area is 194 Å². The van der Waals surface area contributed by atoms with Crippen molar-refractivity contribution in [3.8, 4) is 11.5 Å². The van der Waals surface area contributed by atoms with Gasteiger partial charge >= 0.3 is 0 Å². The Hall–Kier alpha value is -2.63. The van der Waals surface area contributed by atoms with E-state index in [1.54, 1.807) is 7.05 Å². The van der Waals surface area contributed by atoms with E-state index >= 15 is 0 Å². The molecule has 0 spiro atoms. The molecule has 11 heteroatoms. The SMILES string of the molecule is CN(C(=O)CSc1nnc(Nc2ccc(Oc3ccccc3)cc2)s1)C1CCS(=O)(=O)C1. The first-order valence-corrected chi connectivity index (χ1v) is 13.5. The standard InChI is InChI=1S/C21H22N4O4S3/c1-25(16-11-12-32(27,28)14-16)19(26)13-30-21-24-23-20(31-21)22-15-7-9-18(10-8-15)29-17-5-3-2-4-6-17/h2-10,16H,11-14H2,1H3,(H,22,23). The molecule has 1 N–H and O–H groups in total. The summed E-state index contributed by atoms with van der Waals surface area (Å²) in [5.41, 5.74) is 0.844. The van der Waals surface area contributed by atoms with E-state index < -0.39 is 9.84 Å². The first kappa shape index (κ1) is 22.6. The number of hydrogen-bond donors (Lipinski definition) is 1. The maximum atomic E-state index is 12.4. The summed E-state index contributed by atoms with van der Waals surface area (Å²) in [6.07, 6.45) is 0.497. The van der Waals surface area contributed by atoms with Crippen LogP contribution in [0.1, 0.15) is 6.42 Å². The fourth-order valence-corrected chi connectivity index (χ4v) is 6.65. The molecule has 1 fully saturated rings. The minimum absolute atomic E-state index is 0.0436. The van der Waals surface area contributed by atoms with Crippen molar-refractivity contribution in [1.82, 2.24) is 15.1 Å². The molecule has 0 radical (unpaired) electrons. The number of thioether (sulfide) groups is 1. The van der Waals surface area contributed by atoms with Crippen LogP contribution >= 0.6 is 23.1 Å². The Morgan fingerprint density at radius 1 is 1.16 bits per heavy atom. The van der Waals surface area contributed by atoms with E-state index in [9.17, 15) is 13.2 Å². The fraction of sp³-hybridized carbons (Fsp3) is 0.286. The number of carbonyl (C=O) groups excluding carboxylic acids is 1. The summed E-state index contributed by atoms with van der Waals surface area (Å²) in [4.78, 5) is 14.0. The number of sulfone groups is 1. The largest absolute Gasteiger partial charge is 0.457 e. The molecular weight excluding hydrogens is 468 g/mol. The van der Waals surface area contributed by atoms with Crippen LogP contribution in [-0.4, -0.2) is 59.8 Å². The maximum absolute atomic E-state index is 12.4. The average molecular weight is 491 g/mol. The van der Waals surface area contributed by atoms with Crippen LogP contribution in [0.3, 0.4) is 0 Å². The second kappa shape index (κ2) is 9.88. The van der Waals surface area contributed by atoms with Gasteiger partial charge in [-0.15, -0.1) is 10.2 Å². The van der Waals surface area contributed by atoms with Crippen molar-refractivity contribution in [3.05, 3.63) is 54.6 Å². The van der Waals surface area contributed by atoms with Crippen molar-refractivity contribution in [3.63, 3.8) is 0 Å². The minimum Gasteiger partial charge on any atom is -0.457 e. The van der Waals surface area contributed by atoms with E-state index in [1.807, 2.05) is 54.6 Å². The zero-order valence-corrected chi connectivity index (χ0v) is 19.8. The number of benzene rings is 2. The fourth-order valence-electron chi connectivity index (χ4n) is 3.18. The highest BCUT2D eigenvalue weighted by molar-refractivity contribution is 8.01. The highest BCUT2D eigenvalue weighted by atomic mass is 32.2. The molecule has 1 saturated heterocycles. The number of para-hydroxylation sites is 1. The summed E-state index contributed by atoms with van der Waals surface area (Å²) in [5, 5.41) is 12.0. The summed E-state index contributed by atoms with van der Waals surface area (Å²) < 4.78 is 29.7. The molecule has 1 amide bonds. The quantitative estimate of drug-likeness (QED) is 0.476. The molecule has 0 bridgehead atoms. The van der Waals surface area contributed by atoms with Crippen molar-refractivity contribution < 1.29 is 17.9 Å². The van der Waals surface area contributed by atoms with Gasteiger partial charge in [0.1, 0.15) is 11.5 Å². The van der Waals surface area contributed by atoms with Crippen LogP contribution < -0.4 is 10.1 Å². The monoisotopic (exact) mass is 490 g/mol. The second-order valence-electron chi connectivity index (χ2n) is 7.29. The lowest BCUT2D eigenvalue weighted by molar-refractivity contribution is -0.128. The number of nitrogens with zero attached hydrogens (tertiary/aromatic N) is 3.